The molecule has 25 heavy (non-hydrogen) atoms. The number of H-pyrrole nitrogens is 1. The second-order valence-electron chi connectivity index (χ2n) is 6.64. The highest BCUT2D eigenvalue weighted by Crippen LogP contribution is 2.21. The van der Waals surface area contributed by atoms with Gasteiger partial charge in [0, 0.05) is 23.0 Å². The molecule has 1 amide bonds. The zero-order valence-corrected chi connectivity index (χ0v) is 15.4. The summed E-state index contributed by atoms with van der Waals surface area (Å²) in [6, 6.07) is 11.6. The van der Waals surface area contributed by atoms with Crippen LogP contribution in [0.2, 0.25) is 5.02 Å². The summed E-state index contributed by atoms with van der Waals surface area (Å²) in [6.45, 7) is 6.16. The van der Waals surface area contributed by atoms with Crippen molar-refractivity contribution in [1.82, 2.24) is 9.97 Å². The Balaban J connectivity index is 1.64. The number of anilines is 1. The highest BCUT2D eigenvalue weighted by atomic mass is 35.5. The minimum Gasteiger partial charge on any atom is -0.342 e. The van der Waals surface area contributed by atoms with Gasteiger partial charge in [0.2, 0.25) is 5.91 Å². The maximum Gasteiger partial charge on any atom is 0.224 e. The third-order valence-electron chi connectivity index (χ3n) is 4.21. The van der Waals surface area contributed by atoms with Crippen LogP contribution < -0.4 is 5.32 Å². The molecule has 5 heteroatoms. The Labute approximate surface area is 152 Å². The first-order valence-corrected chi connectivity index (χ1v) is 8.84. The SMILES string of the molecule is Cc1cc(Cl)ccc1NC(=O)CCc1ccc2nc(C(C)C)[nH]c2c1. The maximum absolute atomic E-state index is 12.2. The molecule has 0 aliphatic carbocycles. The number of aryl methyl sites for hydroxylation is 2. The number of benzene rings is 2. The Bertz CT molecular complexity index is 914. The molecular formula is C20H22ClN3O. The van der Waals surface area contributed by atoms with Crippen LogP contribution in [0.25, 0.3) is 11.0 Å². The van der Waals surface area contributed by atoms with E-state index in [1.807, 2.05) is 31.2 Å². The highest BCUT2D eigenvalue weighted by Gasteiger charge is 2.09. The lowest BCUT2D eigenvalue weighted by atomic mass is 10.1. The molecule has 1 aromatic heterocycles. The van der Waals surface area contributed by atoms with Crippen molar-refractivity contribution in [3.05, 3.63) is 58.4 Å². The molecule has 0 saturated heterocycles. The van der Waals surface area contributed by atoms with Crippen molar-refractivity contribution in [3.8, 4) is 0 Å². The molecular weight excluding hydrogens is 334 g/mol. The Hall–Kier alpha value is -2.33. The lowest BCUT2D eigenvalue weighted by molar-refractivity contribution is -0.116. The summed E-state index contributed by atoms with van der Waals surface area (Å²) in [5.41, 5.74) is 4.87. The van der Waals surface area contributed by atoms with E-state index >= 15 is 0 Å². The number of halogens is 1. The van der Waals surface area contributed by atoms with Crippen molar-refractivity contribution in [2.24, 2.45) is 0 Å². The summed E-state index contributed by atoms with van der Waals surface area (Å²) < 4.78 is 0. The van der Waals surface area contributed by atoms with E-state index in [4.69, 9.17) is 11.6 Å². The van der Waals surface area contributed by atoms with E-state index < -0.39 is 0 Å². The van der Waals surface area contributed by atoms with Crippen LogP contribution >= 0.6 is 11.6 Å². The number of amides is 1. The summed E-state index contributed by atoms with van der Waals surface area (Å²) in [5.74, 6) is 1.35. The van der Waals surface area contributed by atoms with Gasteiger partial charge in [0.1, 0.15) is 5.82 Å². The van der Waals surface area contributed by atoms with Gasteiger partial charge in [-0.1, -0.05) is 31.5 Å². The van der Waals surface area contributed by atoms with Gasteiger partial charge in [0.15, 0.2) is 0 Å². The Kier molecular flexibility index (Phi) is 5.09. The molecule has 0 saturated carbocycles. The third-order valence-corrected chi connectivity index (χ3v) is 4.45. The molecule has 0 unspecified atom stereocenters. The number of imidazole rings is 1. The first kappa shape index (κ1) is 17.5. The van der Waals surface area contributed by atoms with E-state index in [9.17, 15) is 4.79 Å². The van der Waals surface area contributed by atoms with Gasteiger partial charge in [-0.05, 0) is 54.8 Å². The minimum absolute atomic E-state index is 0.00185. The summed E-state index contributed by atoms with van der Waals surface area (Å²) in [7, 11) is 0. The van der Waals surface area contributed by atoms with Gasteiger partial charge in [0.05, 0.1) is 11.0 Å². The highest BCUT2D eigenvalue weighted by molar-refractivity contribution is 6.30. The first-order chi connectivity index (χ1) is 11.9. The van der Waals surface area contributed by atoms with E-state index in [1.165, 1.54) is 0 Å². The molecule has 4 nitrogen and oxygen atoms in total. The predicted molar refractivity (Wildman–Crippen MR) is 103 cm³/mol. The molecule has 3 aromatic rings. The number of aromatic amines is 1. The number of nitrogens with one attached hydrogen (secondary N) is 2. The van der Waals surface area contributed by atoms with Crippen molar-refractivity contribution in [3.63, 3.8) is 0 Å². The minimum atomic E-state index is -0.00185. The van der Waals surface area contributed by atoms with E-state index in [0.29, 0.717) is 23.8 Å². The number of fused-ring (bicyclic) bond motifs is 1. The fourth-order valence-electron chi connectivity index (χ4n) is 2.74. The number of rotatable bonds is 5. The second-order valence-corrected chi connectivity index (χ2v) is 7.07. The Morgan fingerprint density at radius 3 is 2.76 bits per heavy atom. The molecule has 0 aliphatic rings. The van der Waals surface area contributed by atoms with Gasteiger partial charge < -0.3 is 10.3 Å². The molecule has 0 spiro atoms. The van der Waals surface area contributed by atoms with Gasteiger partial charge in [-0.25, -0.2) is 4.98 Å². The van der Waals surface area contributed by atoms with Gasteiger partial charge >= 0.3 is 0 Å². The maximum atomic E-state index is 12.2. The molecule has 2 N–H and O–H groups in total. The molecule has 3 rings (SSSR count). The van der Waals surface area contributed by atoms with Crippen LogP contribution in [0, 0.1) is 6.92 Å². The van der Waals surface area contributed by atoms with Crippen molar-refractivity contribution >= 4 is 34.2 Å². The molecule has 1 heterocycles. The lowest BCUT2D eigenvalue weighted by Gasteiger charge is -2.08. The molecule has 0 atom stereocenters. The van der Waals surface area contributed by atoms with Crippen LogP contribution in [0.1, 0.15) is 43.1 Å². The molecule has 0 aliphatic heterocycles. The van der Waals surface area contributed by atoms with Crippen molar-refractivity contribution in [2.45, 2.75) is 39.5 Å². The number of hydrogen-bond donors (Lipinski definition) is 2. The molecule has 130 valence electrons. The number of hydrogen-bond acceptors (Lipinski definition) is 2. The largest absolute Gasteiger partial charge is 0.342 e. The zero-order chi connectivity index (χ0) is 18.0. The average Bonchev–Trinajstić information content (AvgIpc) is 2.99. The van der Waals surface area contributed by atoms with Crippen LogP contribution in [0.15, 0.2) is 36.4 Å². The fraction of sp³-hybridized carbons (Fsp3) is 0.300. The second kappa shape index (κ2) is 7.28. The van der Waals surface area contributed by atoms with Crippen LogP contribution in [0.3, 0.4) is 0 Å². The topological polar surface area (TPSA) is 57.8 Å². The molecule has 2 aromatic carbocycles. The summed E-state index contributed by atoms with van der Waals surface area (Å²) in [5, 5.41) is 3.62. The van der Waals surface area contributed by atoms with Crippen molar-refractivity contribution in [1.29, 1.82) is 0 Å². The molecule has 0 bridgehead atoms. The zero-order valence-electron chi connectivity index (χ0n) is 14.7. The van der Waals surface area contributed by atoms with E-state index in [0.717, 1.165) is 33.7 Å². The first-order valence-electron chi connectivity index (χ1n) is 8.47. The molecule has 0 fully saturated rings. The Morgan fingerprint density at radius 2 is 2.04 bits per heavy atom. The predicted octanol–water partition coefficient (Wildman–Crippen LogP) is 5.22. The Morgan fingerprint density at radius 1 is 1.24 bits per heavy atom. The van der Waals surface area contributed by atoms with Gasteiger partial charge in [-0.2, -0.15) is 0 Å². The summed E-state index contributed by atoms with van der Waals surface area (Å²) in [4.78, 5) is 20.1. The van der Waals surface area contributed by atoms with E-state index in [2.05, 4.69) is 35.2 Å². The quantitative estimate of drug-likeness (QED) is 0.659. The monoisotopic (exact) mass is 355 g/mol. The summed E-state index contributed by atoms with van der Waals surface area (Å²) in [6.07, 6.45) is 1.11. The smallest absolute Gasteiger partial charge is 0.224 e. The summed E-state index contributed by atoms with van der Waals surface area (Å²) >= 11 is 5.94. The standard InChI is InChI=1S/C20H22ClN3O/c1-12(2)20-23-17-7-4-14(11-18(17)24-20)5-9-19(25)22-16-8-6-15(21)10-13(16)3/h4,6-8,10-12H,5,9H2,1-3H3,(H,22,25)(H,23,24). The molecule has 0 radical (unpaired) electrons. The van der Waals surface area contributed by atoms with Gasteiger partial charge in [0.25, 0.3) is 0 Å². The van der Waals surface area contributed by atoms with Crippen LogP contribution in [0.4, 0.5) is 5.69 Å². The average molecular weight is 356 g/mol. The van der Waals surface area contributed by atoms with Gasteiger partial charge in [-0.3, -0.25) is 4.79 Å². The normalized spacial score (nSPS) is 11.2. The van der Waals surface area contributed by atoms with Crippen molar-refractivity contribution < 1.29 is 4.79 Å². The van der Waals surface area contributed by atoms with Crippen LogP contribution in [-0.2, 0) is 11.2 Å². The van der Waals surface area contributed by atoms with Crippen LogP contribution in [-0.4, -0.2) is 15.9 Å². The lowest BCUT2D eigenvalue weighted by Crippen LogP contribution is -2.13. The fourth-order valence-corrected chi connectivity index (χ4v) is 2.97. The number of nitrogens with zero attached hydrogens (tertiary/aromatic N) is 1. The van der Waals surface area contributed by atoms with Gasteiger partial charge in [-0.15, -0.1) is 0 Å². The third kappa shape index (κ3) is 4.20. The van der Waals surface area contributed by atoms with E-state index in [-0.39, 0.29) is 5.91 Å². The van der Waals surface area contributed by atoms with Crippen LogP contribution in [0.5, 0.6) is 0 Å². The van der Waals surface area contributed by atoms with Crippen molar-refractivity contribution in [2.75, 3.05) is 5.32 Å². The number of carbonyl (C=O) groups is 1. The van der Waals surface area contributed by atoms with E-state index in [1.54, 1.807) is 6.07 Å². The number of aromatic nitrogens is 2. The number of carbonyl (C=O) groups excluding carboxylic acids is 1.